The highest BCUT2D eigenvalue weighted by atomic mass is 32.2. The quantitative estimate of drug-likeness (QED) is 0.285. The second-order valence-corrected chi connectivity index (χ2v) is 9.46. The Morgan fingerprint density at radius 2 is 1.66 bits per heavy atom. The van der Waals surface area contributed by atoms with Crippen molar-refractivity contribution >= 4 is 50.7 Å². The molecule has 1 aliphatic rings. The molecule has 32 heavy (non-hydrogen) atoms. The van der Waals surface area contributed by atoms with Gasteiger partial charge in [0.05, 0.1) is 9.82 Å². The Labute approximate surface area is 191 Å². The minimum absolute atomic E-state index is 0.0354. The van der Waals surface area contributed by atoms with Crippen molar-refractivity contribution in [3.8, 4) is 0 Å². The van der Waals surface area contributed by atoms with Crippen molar-refractivity contribution in [3.05, 3.63) is 70.3 Å². The molecule has 1 heterocycles. The zero-order valence-corrected chi connectivity index (χ0v) is 18.7. The normalized spacial score (nSPS) is 14.8. The molecule has 2 aromatic rings. The van der Waals surface area contributed by atoms with Gasteiger partial charge in [0.25, 0.3) is 5.69 Å². The van der Waals surface area contributed by atoms with Crippen molar-refractivity contribution in [2.24, 2.45) is 0 Å². The van der Waals surface area contributed by atoms with Gasteiger partial charge in [0.15, 0.2) is 5.11 Å². The molecule has 1 fully saturated rings. The molecular weight excluding hydrogens is 452 g/mol. The van der Waals surface area contributed by atoms with Crippen molar-refractivity contribution in [1.82, 2.24) is 9.62 Å². The number of amides is 1. The first-order valence-corrected chi connectivity index (χ1v) is 11.8. The molecule has 0 unspecified atom stereocenters. The number of anilines is 1. The fourth-order valence-corrected chi connectivity index (χ4v) is 4.90. The van der Waals surface area contributed by atoms with Crippen LogP contribution >= 0.6 is 12.2 Å². The lowest BCUT2D eigenvalue weighted by Gasteiger charge is -2.25. The predicted octanol–water partition coefficient (Wildman–Crippen LogP) is 3.30. The van der Waals surface area contributed by atoms with Crippen LogP contribution in [0.2, 0.25) is 0 Å². The summed E-state index contributed by atoms with van der Waals surface area (Å²) in [6.07, 6.45) is 5.53. The molecule has 1 amide bonds. The second-order valence-electron chi connectivity index (χ2n) is 7.11. The van der Waals surface area contributed by atoms with E-state index >= 15 is 0 Å². The highest BCUT2D eigenvalue weighted by Gasteiger charge is 2.25. The van der Waals surface area contributed by atoms with Crippen molar-refractivity contribution in [2.45, 2.75) is 24.2 Å². The third-order valence-electron chi connectivity index (χ3n) is 4.83. The number of hydrogen-bond donors (Lipinski definition) is 2. The molecule has 0 aliphatic carbocycles. The van der Waals surface area contributed by atoms with E-state index in [0.29, 0.717) is 24.3 Å². The zero-order valence-electron chi connectivity index (χ0n) is 17.1. The molecule has 168 valence electrons. The highest BCUT2D eigenvalue weighted by Crippen LogP contribution is 2.22. The number of non-ortho nitro benzene ring substituents is 1. The minimum Gasteiger partial charge on any atom is -0.332 e. The molecule has 11 heteroatoms. The topological polar surface area (TPSA) is 122 Å². The van der Waals surface area contributed by atoms with Gasteiger partial charge in [-0.15, -0.1) is 0 Å². The Bertz CT molecular complexity index is 1120. The lowest BCUT2D eigenvalue weighted by atomic mass is 10.2. The van der Waals surface area contributed by atoms with Gasteiger partial charge in [0.2, 0.25) is 15.9 Å². The Hall–Kier alpha value is -3.15. The van der Waals surface area contributed by atoms with Gasteiger partial charge in [-0.05, 0) is 73.1 Å². The van der Waals surface area contributed by atoms with Crippen molar-refractivity contribution < 1.29 is 18.1 Å². The molecule has 0 atom stereocenters. The predicted molar refractivity (Wildman–Crippen MR) is 126 cm³/mol. The number of piperidine rings is 1. The fraction of sp³-hybridized carbons (Fsp3) is 0.238. The van der Waals surface area contributed by atoms with Crippen LogP contribution in [-0.4, -0.2) is 41.8 Å². The summed E-state index contributed by atoms with van der Waals surface area (Å²) >= 11 is 5.12. The maximum Gasteiger partial charge on any atom is 0.269 e. The van der Waals surface area contributed by atoms with E-state index in [1.807, 2.05) is 0 Å². The molecule has 1 saturated heterocycles. The number of sulfonamides is 1. The van der Waals surface area contributed by atoms with Gasteiger partial charge in [-0.3, -0.25) is 20.2 Å². The average molecular weight is 475 g/mol. The van der Waals surface area contributed by atoms with E-state index in [1.54, 1.807) is 12.1 Å². The summed E-state index contributed by atoms with van der Waals surface area (Å²) < 4.78 is 26.9. The Kier molecular flexibility index (Phi) is 7.67. The SMILES string of the molecule is O=C(/C=C/c1ccc([N+](=O)[O-])cc1)NC(=S)Nc1ccc(S(=O)(=O)N2CCCCC2)cc1. The smallest absolute Gasteiger partial charge is 0.269 e. The first-order chi connectivity index (χ1) is 15.3. The maximum atomic E-state index is 12.7. The number of hydrogen-bond acceptors (Lipinski definition) is 6. The molecule has 0 bridgehead atoms. The number of nitrogens with zero attached hydrogens (tertiary/aromatic N) is 2. The fourth-order valence-electron chi connectivity index (χ4n) is 3.16. The molecule has 9 nitrogen and oxygen atoms in total. The average Bonchev–Trinajstić information content (AvgIpc) is 2.79. The first kappa shape index (κ1) is 23.5. The van der Waals surface area contributed by atoms with E-state index in [1.165, 1.54) is 52.9 Å². The van der Waals surface area contributed by atoms with E-state index in [0.717, 1.165) is 19.3 Å². The molecule has 1 aliphatic heterocycles. The third kappa shape index (κ3) is 6.19. The van der Waals surface area contributed by atoms with Crippen LogP contribution in [0.1, 0.15) is 24.8 Å². The maximum absolute atomic E-state index is 12.7. The van der Waals surface area contributed by atoms with Crippen molar-refractivity contribution in [2.75, 3.05) is 18.4 Å². The number of thiocarbonyl (C=S) groups is 1. The van der Waals surface area contributed by atoms with E-state index < -0.39 is 20.9 Å². The number of nitrogens with one attached hydrogen (secondary N) is 2. The summed E-state index contributed by atoms with van der Waals surface area (Å²) in [4.78, 5) is 22.4. The van der Waals surface area contributed by atoms with Crippen LogP contribution in [0.25, 0.3) is 6.08 Å². The number of carbonyl (C=O) groups is 1. The first-order valence-electron chi connectivity index (χ1n) is 9.90. The third-order valence-corrected chi connectivity index (χ3v) is 6.95. The Morgan fingerprint density at radius 1 is 1.03 bits per heavy atom. The molecule has 2 N–H and O–H groups in total. The van der Waals surface area contributed by atoms with Crippen LogP contribution in [0.5, 0.6) is 0 Å². The molecular formula is C21H22N4O5S2. The van der Waals surface area contributed by atoms with Gasteiger partial charge in [0, 0.05) is 37.0 Å². The molecule has 0 radical (unpaired) electrons. The van der Waals surface area contributed by atoms with Gasteiger partial charge in [-0.25, -0.2) is 8.42 Å². The molecule has 0 saturated carbocycles. The van der Waals surface area contributed by atoms with E-state index in [9.17, 15) is 23.3 Å². The lowest BCUT2D eigenvalue weighted by molar-refractivity contribution is -0.384. The van der Waals surface area contributed by atoms with Gasteiger partial charge in [0.1, 0.15) is 0 Å². The second kappa shape index (κ2) is 10.4. The number of carbonyl (C=O) groups excluding carboxylic acids is 1. The largest absolute Gasteiger partial charge is 0.332 e. The summed E-state index contributed by atoms with van der Waals surface area (Å²) in [7, 11) is -3.51. The van der Waals surface area contributed by atoms with Crippen LogP contribution in [0.3, 0.4) is 0 Å². The standard InChI is InChI=1S/C21H22N4O5S2/c26-20(13-6-16-4-9-18(10-5-16)25(27)28)23-21(31)22-17-7-11-19(12-8-17)32(29,30)24-14-2-1-3-15-24/h4-13H,1-3,14-15H2,(H2,22,23,26,31)/b13-6+. The van der Waals surface area contributed by atoms with Gasteiger partial charge >= 0.3 is 0 Å². The van der Waals surface area contributed by atoms with Gasteiger partial charge in [-0.1, -0.05) is 6.42 Å². The highest BCUT2D eigenvalue weighted by molar-refractivity contribution is 7.89. The van der Waals surface area contributed by atoms with Crippen LogP contribution in [-0.2, 0) is 14.8 Å². The van der Waals surface area contributed by atoms with Gasteiger partial charge in [-0.2, -0.15) is 4.31 Å². The summed E-state index contributed by atoms with van der Waals surface area (Å²) in [5.41, 5.74) is 1.12. The van der Waals surface area contributed by atoms with Crippen molar-refractivity contribution in [3.63, 3.8) is 0 Å². The monoisotopic (exact) mass is 474 g/mol. The van der Waals surface area contributed by atoms with Crippen molar-refractivity contribution in [1.29, 1.82) is 0 Å². The Morgan fingerprint density at radius 3 is 2.25 bits per heavy atom. The number of nitro groups is 1. The van der Waals surface area contributed by atoms with E-state index in [-0.39, 0.29) is 15.7 Å². The Balaban J connectivity index is 1.54. The number of benzene rings is 2. The number of nitro benzene ring substituents is 1. The van der Waals surface area contributed by atoms with Crippen LogP contribution < -0.4 is 10.6 Å². The molecule has 3 rings (SSSR count). The summed E-state index contributed by atoms with van der Waals surface area (Å²) in [6, 6.07) is 11.9. The van der Waals surface area contributed by atoms with E-state index in [2.05, 4.69) is 10.6 Å². The van der Waals surface area contributed by atoms with E-state index in [4.69, 9.17) is 12.2 Å². The minimum atomic E-state index is -3.51. The van der Waals surface area contributed by atoms with Crippen LogP contribution in [0.4, 0.5) is 11.4 Å². The summed E-state index contributed by atoms with van der Waals surface area (Å²) in [5.74, 6) is -0.481. The lowest BCUT2D eigenvalue weighted by Crippen LogP contribution is -2.35. The summed E-state index contributed by atoms with van der Waals surface area (Å²) in [6.45, 7) is 1.07. The van der Waals surface area contributed by atoms with Crippen LogP contribution in [0, 0.1) is 10.1 Å². The van der Waals surface area contributed by atoms with Crippen LogP contribution in [0.15, 0.2) is 59.5 Å². The molecule has 0 spiro atoms. The zero-order chi connectivity index (χ0) is 23.1. The number of rotatable bonds is 6. The summed E-state index contributed by atoms with van der Waals surface area (Å²) in [5, 5.41) is 16.0. The molecule has 0 aromatic heterocycles. The van der Waals surface area contributed by atoms with Gasteiger partial charge < -0.3 is 5.32 Å². The molecule has 2 aromatic carbocycles.